The summed E-state index contributed by atoms with van der Waals surface area (Å²) in [4.78, 5) is 8.25. The predicted octanol–water partition coefficient (Wildman–Crippen LogP) is 2.86. The lowest BCUT2D eigenvalue weighted by atomic mass is 10.1. The molecule has 3 aromatic rings. The van der Waals surface area contributed by atoms with E-state index in [9.17, 15) is 4.39 Å². The van der Waals surface area contributed by atoms with Crippen molar-refractivity contribution in [2.75, 3.05) is 17.7 Å². The number of hydrogen-bond acceptors (Lipinski definition) is 7. The number of halogens is 1. The summed E-state index contributed by atoms with van der Waals surface area (Å²) in [6, 6.07) is 6.05. The van der Waals surface area contributed by atoms with Crippen LogP contribution in [-0.4, -0.2) is 21.7 Å². The zero-order valence-corrected chi connectivity index (χ0v) is 13.0. The maximum atomic E-state index is 13.5. The van der Waals surface area contributed by atoms with Crippen molar-refractivity contribution >= 4 is 11.8 Å². The zero-order valence-electron chi connectivity index (χ0n) is 13.0. The molecule has 0 aliphatic heterocycles. The van der Waals surface area contributed by atoms with E-state index in [2.05, 4.69) is 20.4 Å². The molecule has 0 saturated carbocycles. The minimum atomic E-state index is -0.379. The van der Waals surface area contributed by atoms with E-state index in [4.69, 9.17) is 15.0 Å². The molecule has 0 aliphatic rings. The van der Waals surface area contributed by atoms with Gasteiger partial charge in [0.1, 0.15) is 29.3 Å². The summed E-state index contributed by atoms with van der Waals surface area (Å²) in [5.74, 6) is 0.658. The molecular formula is C16H16FN5O2. The maximum absolute atomic E-state index is 13.5. The molecule has 0 aliphatic carbocycles. The van der Waals surface area contributed by atoms with Crippen molar-refractivity contribution < 1.29 is 13.7 Å². The molecule has 0 unspecified atom stereocenters. The van der Waals surface area contributed by atoms with E-state index in [0.717, 1.165) is 0 Å². The predicted molar refractivity (Wildman–Crippen MR) is 86.8 cm³/mol. The van der Waals surface area contributed by atoms with Gasteiger partial charge in [0, 0.05) is 29.5 Å². The molecule has 7 nitrogen and oxygen atoms in total. The van der Waals surface area contributed by atoms with E-state index in [0.29, 0.717) is 41.5 Å². The van der Waals surface area contributed by atoms with Crippen molar-refractivity contribution in [3.63, 3.8) is 0 Å². The second-order valence-corrected chi connectivity index (χ2v) is 4.91. The van der Waals surface area contributed by atoms with Gasteiger partial charge in [0.05, 0.1) is 13.2 Å². The average molecular weight is 329 g/mol. The van der Waals surface area contributed by atoms with E-state index >= 15 is 0 Å². The highest BCUT2D eigenvalue weighted by atomic mass is 19.1. The van der Waals surface area contributed by atoms with Gasteiger partial charge in [-0.1, -0.05) is 5.16 Å². The smallest absolute Gasteiger partial charge is 0.221 e. The summed E-state index contributed by atoms with van der Waals surface area (Å²) in [6.07, 6.45) is 3.06. The Balaban J connectivity index is 1.98. The van der Waals surface area contributed by atoms with Crippen LogP contribution in [0.15, 0.2) is 41.2 Å². The van der Waals surface area contributed by atoms with Gasteiger partial charge in [-0.3, -0.25) is 0 Å². The molecule has 0 radical (unpaired) electrons. The molecule has 2 heterocycles. The molecule has 0 atom stereocenters. The normalized spacial score (nSPS) is 10.6. The minimum Gasteiger partial charge on any atom is -0.493 e. The van der Waals surface area contributed by atoms with E-state index in [1.165, 1.54) is 18.4 Å². The van der Waals surface area contributed by atoms with E-state index in [-0.39, 0.29) is 11.8 Å². The summed E-state index contributed by atoms with van der Waals surface area (Å²) >= 11 is 0. The first-order valence-electron chi connectivity index (χ1n) is 7.35. The van der Waals surface area contributed by atoms with E-state index < -0.39 is 0 Å². The fourth-order valence-corrected chi connectivity index (χ4v) is 2.22. The number of aromatic nitrogens is 3. The van der Waals surface area contributed by atoms with Crippen molar-refractivity contribution in [1.29, 1.82) is 0 Å². The Bertz CT molecular complexity index is 823. The first-order valence-corrected chi connectivity index (χ1v) is 7.35. The number of nitrogens with zero attached hydrogens (tertiary/aromatic N) is 3. The van der Waals surface area contributed by atoms with Crippen molar-refractivity contribution in [2.24, 2.45) is 0 Å². The Labute approximate surface area is 137 Å². The van der Waals surface area contributed by atoms with Gasteiger partial charge in [0.2, 0.25) is 5.95 Å². The Kier molecular flexibility index (Phi) is 4.55. The minimum absolute atomic E-state index is 0.126. The molecular weight excluding hydrogens is 313 g/mol. The highest BCUT2D eigenvalue weighted by Crippen LogP contribution is 2.34. The summed E-state index contributed by atoms with van der Waals surface area (Å²) in [5, 5.41) is 6.96. The van der Waals surface area contributed by atoms with Crippen LogP contribution in [0.2, 0.25) is 0 Å². The van der Waals surface area contributed by atoms with Crippen LogP contribution in [0.3, 0.4) is 0 Å². The second-order valence-electron chi connectivity index (χ2n) is 4.91. The van der Waals surface area contributed by atoms with Gasteiger partial charge < -0.3 is 20.3 Å². The second kappa shape index (κ2) is 6.95. The van der Waals surface area contributed by atoms with Crippen LogP contribution in [0.5, 0.6) is 5.75 Å². The van der Waals surface area contributed by atoms with Gasteiger partial charge in [0.15, 0.2) is 0 Å². The maximum Gasteiger partial charge on any atom is 0.221 e. The molecule has 1 aromatic carbocycles. The highest BCUT2D eigenvalue weighted by molar-refractivity contribution is 5.79. The lowest BCUT2D eigenvalue weighted by molar-refractivity contribution is 0.339. The van der Waals surface area contributed by atoms with Crippen LogP contribution in [0.1, 0.15) is 12.6 Å². The van der Waals surface area contributed by atoms with E-state index in [1.807, 2.05) is 6.92 Å². The Morgan fingerprint density at radius 2 is 2.17 bits per heavy atom. The number of rotatable bonds is 6. The lowest BCUT2D eigenvalue weighted by Gasteiger charge is -2.14. The van der Waals surface area contributed by atoms with Crippen LogP contribution in [0.4, 0.5) is 16.2 Å². The Morgan fingerprint density at radius 1 is 1.29 bits per heavy atom. The Morgan fingerprint density at radius 3 is 2.92 bits per heavy atom. The molecule has 0 spiro atoms. The molecule has 2 aromatic heterocycles. The number of benzene rings is 1. The molecule has 3 N–H and O–H groups in total. The van der Waals surface area contributed by atoms with E-state index in [1.54, 1.807) is 18.3 Å². The summed E-state index contributed by atoms with van der Waals surface area (Å²) in [5.41, 5.74) is 7.71. The quantitative estimate of drug-likeness (QED) is 0.717. The van der Waals surface area contributed by atoms with Crippen LogP contribution in [0, 0.1) is 5.82 Å². The lowest BCUT2D eigenvalue weighted by Crippen LogP contribution is -2.07. The zero-order chi connectivity index (χ0) is 16.9. The van der Waals surface area contributed by atoms with Crippen molar-refractivity contribution in [3.05, 3.63) is 48.2 Å². The molecule has 3 rings (SSSR count). The third-order valence-electron chi connectivity index (χ3n) is 3.27. The first kappa shape index (κ1) is 15.7. The third kappa shape index (κ3) is 3.43. The number of ether oxygens (including phenoxy) is 1. The number of nitrogens with one attached hydrogen (secondary N) is 1. The average Bonchev–Trinajstić information content (AvgIpc) is 3.08. The van der Waals surface area contributed by atoms with Crippen molar-refractivity contribution in [2.45, 2.75) is 13.5 Å². The third-order valence-corrected chi connectivity index (χ3v) is 3.27. The number of nitrogens with two attached hydrogens (primary N) is 1. The van der Waals surface area contributed by atoms with Gasteiger partial charge in [-0.2, -0.15) is 4.98 Å². The molecule has 0 fully saturated rings. The van der Waals surface area contributed by atoms with Gasteiger partial charge >= 0.3 is 0 Å². The fourth-order valence-electron chi connectivity index (χ4n) is 2.22. The molecule has 8 heteroatoms. The largest absolute Gasteiger partial charge is 0.493 e. The molecule has 124 valence electrons. The monoisotopic (exact) mass is 329 g/mol. The number of anilines is 2. The number of hydrogen-bond donors (Lipinski definition) is 2. The Hall–Kier alpha value is -3.16. The SMILES string of the molecule is CCOc1cc(F)ccc1-c1cnc(N)nc1NCc1ccon1. The van der Waals surface area contributed by atoms with Crippen LogP contribution in [0.25, 0.3) is 11.1 Å². The van der Waals surface area contributed by atoms with Crippen molar-refractivity contribution in [3.8, 4) is 16.9 Å². The molecule has 0 amide bonds. The van der Waals surface area contributed by atoms with Crippen LogP contribution < -0.4 is 15.8 Å². The van der Waals surface area contributed by atoms with Gasteiger partial charge in [-0.05, 0) is 19.1 Å². The summed E-state index contributed by atoms with van der Waals surface area (Å²) < 4.78 is 23.8. The fraction of sp³-hybridized carbons (Fsp3) is 0.188. The summed E-state index contributed by atoms with van der Waals surface area (Å²) in [7, 11) is 0. The molecule has 0 bridgehead atoms. The number of nitrogen functional groups attached to an aromatic ring is 1. The molecule has 0 saturated heterocycles. The molecule has 24 heavy (non-hydrogen) atoms. The van der Waals surface area contributed by atoms with Crippen molar-refractivity contribution in [1.82, 2.24) is 15.1 Å². The van der Waals surface area contributed by atoms with Gasteiger partial charge in [-0.25, -0.2) is 9.37 Å². The standard InChI is InChI=1S/C16H16FN5O2/c1-2-23-14-7-10(17)3-4-12(14)13-9-20-16(18)21-15(13)19-8-11-5-6-24-22-11/h3-7,9H,2,8H2,1H3,(H3,18,19,20,21). The highest BCUT2D eigenvalue weighted by Gasteiger charge is 2.14. The topological polar surface area (TPSA) is 99.1 Å². The van der Waals surface area contributed by atoms with Crippen LogP contribution in [-0.2, 0) is 6.54 Å². The van der Waals surface area contributed by atoms with Gasteiger partial charge in [-0.15, -0.1) is 0 Å². The first-order chi connectivity index (χ1) is 11.7. The summed E-state index contributed by atoms with van der Waals surface area (Å²) in [6.45, 7) is 2.64. The van der Waals surface area contributed by atoms with Gasteiger partial charge in [0.25, 0.3) is 0 Å². The van der Waals surface area contributed by atoms with Crippen LogP contribution >= 0.6 is 0 Å².